The molecule has 0 amide bonds. The molecule has 0 bridgehead atoms. The second-order valence-corrected chi connectivity index (χ2v) is 5.00. The molecule has 112 valence electrons. The fraction of sp³-hybridized carbons (Fsp3) is 0.154. The number of aliphatic hydroxyl groups is 1. The number of alkyl halides is 3. The molecule has 8 heteroatoms. The Morgan fingerprint density at radius 1 is 1.14 bits per heavy atom. The monoisotopic (exact) mass is 339 g/mol. The lowest BCUT2D eigenvalue weighted by Gasteiger charge is -2.14. The standard InChI is InChI=1S/C13H7Cl2F4NO/c14-7-4-9(15)11(20-5-7)12(21)6-1-2-8(10(16)3-6)13(17,18)19/h1-5,12,21H. The van der Waals surface area contributed by atoms with Crippen molar-refractivity contribution >= 4 is 23.2 Å². The van der Waals surface area contributed by atoms with Crippen molar-refractivity contribution in [1.82, 2.24) is 4.98 Å². The first-order chi connectivity index (χ1) is 9.70. The molecule has 2 rings (SSSR count). The van der Waals surface area contributed by atoms with Crippen LogP contribution in [0.15, 0.2) is 30.5 Å². The summed E-state index contributed by atoms with van der Waals surface area (Å²) in [5, 5.41) is 10.3. The van der Waals surface area contributed by atoms with Gasteiger partial charge in [0.2, 0.25) is 0 Å². The molecule has 0 radical (unpaired) electrons. The van der Waals surface area contributed by atoms with Crippen LogP contribution in [0.25, 0.3) is 0 Å². The molecule has 0 fully saturated rings. The maximum absolute atomic E-state index is 13.5. The second kappa shape index (κ2) is 5.79. The van der Waals surface area contributed by atoms with E-state index in [2.05, 4.69) is 4.98 Å². The Balaban J connectivity index is 2.40. The summed E-state index contributed by atoms with van der Waals surface area (Å²) in [5.74, 6) is -1.48. The summed E-state index contributed by atoms with van der Waals surface area (Å²) in [4.78, 5) is 3.80. The van der Waals surface area contributed by atoms with Crippen LogP contribution in [0.5, 0.6) is 0 Å². The number of nitrogens with zero attached hydrogens (tertiary/aromatic N) is 1. The first-order valence-corrected chi connectivity index (χ1v) is 6.31. The maximum Gasteiger partial charge on any atom is 0.419 e. The molecule has 2 aromatic rings. The normalized spacial score (nSPS) is 13.3. The topological polar surface area (TPSA) is 33.1 Å². The van der Waals surface area contributed by atoms with Gasteiger partial charge in [-0.1, -0.05) is 29.3 Å². The maximum atomic E-state index is 13.5. The fourth-order valence-corrected chi connectivity index (χ4v) is 2.20. The van der Waals surface area contributed by atoms with Gasteiger partial charge in [0.1, 0.15) is 11.9 Å². The Hall–Kier alpha value is -1.37. The molecule has 0 spiro atoms. The van der Waals surface area contributed by atoms with Crippen LogP contribution in [-0.2, 0) is 6.18 Å². The molecule has 0 aliphatic carbocycles. The highest BCUT2D eigenvalue weighted by Crippen LogP contribution is 2.34. The molecule has 1 atom stereocenters. The van der Waals surface area contributed by atoms with E-state index in [0.717, 1.165) is 6.07 Å². The molecule has 1 unspecified atom stereocenters. The van der Waals surface area contributed by atoms with Crippen LogP contribution < -0.4 is 0 Å². The van der Waals surface area contributed by atoms with E-state index in [1.165, 1.54) is 12.3 Å². The minimum atomic E-state index is -4.80. The number of halogens is 6. The lowest BCUT2D eigenvalue weighted by molar-refractivity contribution is -0.140. The first-order valence-electron chi connectivity index (χ1n) is 5.56. The van der Waals surface area contributed by atoms with Gasteiger partial charge in [-0.3, -0.25) is 4.98 Å². The summed E-state index contributed by atoms with van der Waals surface area (Å²) in [5.41, 5.74) is -1.54. The van der Waals surface area contributed by atoms with Crippen LogP contribution in [0.1, 0.15) is 22.9 Å². The Morgan fingerprint density at radius 2 is 1.81 bits per heavy atom. The fourth-order valence-electron chi connectivity index (χ4n) is 1.72. The predicted octanol–water partition coefficient (Wildman–Crippen LogP) is 4.63. The summed E-state index contributed by atoms with van der Waals surface area (Å²) < 4.78 is 50.9. The summed E-state index contributed by atoms with van der Waals surface area (Å²) in [6, 6.07) is 3.43. The van der Waals surface area contributed by atoms with Gasteiger partial charge in [0.25, 0.3) is 0 Å². The number of hydrogen-bond donors (Lipinski definition) is 1. The van der Waals surface area contributed by atoms with Crippen LogP contribution >= 0.6 is 23.2 Å². The highest BCUT2D eigenvalue weighted by Gasteiger charge is 2.34. The highest BCUT2D eigenvalue weighted by atomic mass is 35.5. The number of benzene rings is 1. The van der Waals surface area contributed by atoms with E-state index in [1.807, 2.05) is 0 Å². The smallest absolute Gasteiger partial charge is 0.382 e. The van der Waals surface area contributed by atoms with Gasteiger partial charge >= 0.3 is 6.18 Å². The van der Waals surface area contributed by atoms with E-state index in [0.29, 0.717) is 12.1 Å². The number of hydrogen-bond acceptors (Lipinski definition) is 2. The Labute approximate surface area is 127 Å². The van der Waals surface area contributed by atoms with Gasteiger partial charge in [0.05, 0.1) is 21.3 Å². The van der Waals surface area contributed by atoms with Crippen molar-refractivity contribution in [2.75, 3.05) is 0 Å². The molecular formula is C13H7Cl2F4NO. The molecule has 0 aliphatic heterocycles. The Kier molecular flexibility index (Phi) is 4.41. The van der Waals surface area contributed by atoms with Crippen molar-refractivity contribution in [3.05, 3.63) is 63.1 Å². The molecule has 0 aliphatic rings. The van der Waals surface area contributed by atoms with E-state index in [-0.39, 0.29) is 21.3 Å². The van der Waals surface area contributed by atoms with Crippen molar-refractivity contribution in [3.63, 3.8) is 0 Å². The summed E-state index contributed by atoms with van der Waals surface area (Å²) >= 11 is 11.5. The molecule has 2 nitrogen and oxygen atoms in total. The Morgan fingerprint density at radius 3 is 2.33 bits per heavy atom. The van der Waals surface area contributed by atoms with E-state index < -0.39 is 23.7 Å². The number of aromatic nitrogens is 1. The second-order valence-electron chi connectivity index (χ2n) is 4.16. The van der Waals surface area contributed by atoms with E-state index in [9.17, 15) is 22.7 Å². The molecule has 1 aromatic heterocycles. The van der Waals surface area contributed by atoms with Gasteiger partial charge in [0.15, 0.2) is 0 Å². The third-order valence-electron chi connectivity index (χ3n) is 2.71. The zero-order chi connectivity index (χ0) is 15.8. The van der Waals surface area contributed by atoms with E-state index >= 15 is 0 Å². The molecule has 0 saturated heterocycles. The van der Waals surface area contributed by atoms with E-state index in [1.54, 1.807) is 0 Å². The van der Waals surface area contributed by atoms with Gasteiger partial charge < -0.3 is 5.11 Å². The number of aliphatic hydroxyl groups excluding tert-OH is 1. The number of rotatable bonds is 2. The first kappa shape index (κ1) is 16.0. The summed E-state index contributed by atoms with van der Waals surface area (Å²) in [7, 11) is 0. The zero-order valence-electron chi connectivity index (χ0n) is 10.1. The number of pyridine rings is 1. The van der Waals surface area contributed by atoms with Gasteiger partial charge in [0, 0.05) is 6.20 Å². The Bertz CT molecular complexity index is 676. The van der Waals surface area contributed by atoms with Crippen LogP contribution in [0.3, 0.4) is 0 Å². The van der Waals surface area contributed by atoms with Gasteiger partial charge in [-0.2, -0.15) is 13.2 Å². The van der Waals surface area contributed by atoms with E-state index in [4.69, 9.17) is 23.2 Å². The molecular weight excluding hydrogens is 333 g/mol. The molecule has 21 heavy (non-hydrogen) atoms. The molecule has 1 heterocycles. The summed E-state index contributed by atoms with van der Waals surface area (Å²) in [6.45, 7) is 0. The zero-order valence-corrected chi connectivity index (χ0v) is 11.6. The van der Waals surface area contributed by atoms with Crippen molar-refractivity contribution in [1.29, 1.82) is 0 Å². The minimum Gasteiger partial charge on any atom is -0.382 e. The largest absolute Gasteiger partial charge is 0.419 e. The van der Waals surface area contributed by atoms with Crippen molar-refractivity contribution < 1.29 is 22.7 Å². The molecule has 1 aromatic carbocycles. The SMILES string of the molecule is OC(c1ccc(C(F)(F)F)c(F)c1)c1ncc(Cl)cc1Cl. The van der Waals surface area contributed by atoms with Gasteiger partial charge in [-0.15, -0.1) is 0 Å². The lowest BCUT2D eigenvalue weighted by Crippen LogP contribution is -2.10. The average Bonchev–Trinajstić information content (AvgIpc) is 2.36. The highest BCUT2D eigenvalue weighted by molar-refractivity contribution is 6.34. The molecule has 1 N–H and O–H groups in total. The third-order valence-corrected chi connectivity index (χ3v) is 3.22. The predicted molar refractivity (Wildman–Crippen MR) is 69.7 cm³/mol. The summed E-state index contributed by atoms with van der Waals surface area (Å²) in [6.07, 6.45) is -5.05. The van der Waals surface area contributed by atoms with Gasteiger partial charge in [-0.05, 0) is 23.8 Å². The van der Waals surface area contributed by atoms with Crippen molar-refractivity contribution in [2.24, 2.45) is 0 Å². The lowest BCUT2D eigenvalue weighted by atomic mass is 10.0. The van der Waals surface area contributed by atoms with Gasteiger partial charge in [-0.25, -0.2) is 4.39 Å². The minimum absolute atomic E-state index is 0.0234. The van der Waals surface area contributed by atoms with Crippen LogP contribution in [-0.4, -0.2) is 10.1 Å². The van der Waals surface area contributed by atoms with Crippen molar-refractivity contribution in [3.8, 4) is 0 Å². The average molecular weight is 340 g/mol. The third kappa shape index (κ3) is 3.45. The molecule has 0 saturated carbocycles. The van der Waals surface area contributed by atoms with Crippen LogP contribution in [0, 0.1) is 5.82 Å². The van der Waals surface area contributed by atoms with Crippen LogP contribution in [0.2, 0.25) is 10.0 Å². The van der Waals surface area contributed by atoms with Crippen molar-refractivity contribution in [2.45, 2.75) is 12.3 Å². The quantitative estimate of drug-likeness (QED) is 0.809. The van der Waals surface area contributed by atoms with Crippen LogP contribution in [0.4, 0.5) is 17.6 Å².